The molecule has 0 bridgehead atoms. The predicted molar refractivity (Wildman–Crippen MR) is 113 cm³/mol. The van der Waals surface area contributed by atoms with Gasteiger partial charge in [0.2, 0.25) is 15.9 Å². The van der Waals surface area contributed by atoms with Crippen LogP contribution in [0, 0.1) is 5.92 Å². The Labute approximate surface area is 180 Å². The number of carbonyl (C=O) groups is 1. The molecule has 1 aliphatic heterocycles. The number of methoxy groups -OCH3 is 1. The number of hydrogen-bond acceptors (Lipinski definition) is 4. The van der Waals surface area contributed by atoms with Crippen molar-refractivity contribution in [3.8, 4) is 5.75 Å². The summed E-state index contributed by atoms with van der Waals surface area (Å²) in [4.78, 5) is 12.5. The van der Waals surface area contributed by atoms with Crippen molar-refractivity contribution in [3.63, 3.8) is 0 Å². The molecule has 1 fully saturated rings. The van der Waals surface area contributed by atoms with Crippen molar-refractivity contribution in [2.24, 2.45) is 5.92 Å². The van der Waals surface area contributed by atoms with E-state index in [2.05, 4.69) is 5.32 Å². The number of benzene rings is 2. The summed E-state index contributed by atoms with van der Waals surface area (Å²) in [5, 5.41) is 3.88. The quantitative estimate of drug-likeness (QED) is 0.718. The zero-order chi connectivity index (χ0) is 21.0. The summed E-state index contributed by atoms with van der Waals surface area (Å²) in [5.74, 6) is -0.0513. The normalized spacial score (nSPS) is 15.8. The molecule has 3 rings (SSSR count). The van der Waals surface area contributed by atoms with Gasteiger partial charge in [0, 0.05) is 35.6 Å². The summed E-state index contributed by atoms with van der Waals surface area (Å²) in [6.45, 7) is 0.933. The molecule has 1 saturated heterocycles. The molecule has 2 aromatic carbocycles. The summed E-state index contributed by atoms with van der Waals surface area (Å²) in [5.41, 5.74) is 0.954. The van der Waals surface area contributed by atoms with Crippen LogP contribution in [0.25, 0.3) is 0 Å². The van der Waals surface area contributed by atoms with Crippen LogP contribution in [-0.4, -0.2) is 38.8 Å². The predicted octanol–water partition coefficient (Wildman–Crippen LogP) is 3.72. The van der Waals surface area contributed by atoms with Crippen molar-refractivity contribution >= 4 is 39.1 Å². The van der Waals surface area contributed by atoms with Crippen LogP contribution in [0.3, 0.4) is 0 Å². The fourth-order valence-electron chi connectivity index (χ4n) is 3.29. The van der Waals surface area contributed by atoms with Crippen molar-refractivity contribution in [1.82, 2.24) is 9.62 Å². The average molecular weight is 457 g/mol. The molecule has 156 valence electrons. The summed E-state index contributed by atoms with van der Waals surface area (Å²) in [7, 11) is -2.34. The molecule has 1 heterocycles. The fraction of sp³-hybridized carbons (Fsp3) is 0.350. The number of nitrogens with zero attached hydrogens (tertiary/aromatic N) is 1. The summed E-state index contributed by atoms with van der Waals surface area (Å²) in [6.07, 6.45) is 0.906. The second kappa shape index (κ2) is 9.34. The molecule has 2 aromatic rings. The van der Waals surface area contributed by atoms with Gasteiger partial charge >= 0.3 is 0 Å². The lowest BCUT2D eigenvalue weighted by molar-refractivity contribution is -0.126. The van der Waals surface area contributed by atoms with Gasteiger partial charge in [-0.25, -0.2) is 8.42 Å². The Bertz CT molecular complexity index is 972. The highest BCUT2D eigenvalue weighted by Gasteiger charge is 2.33. The minimum absolute atomic E-state index is 0.0399. The first-order valence-corrected chi connectivity index (χ1v) is 11.4. The summed E-state index contributed by atoms with van der Waals surface area (Å²) >= 11 is 11.8. The van der Waals surface area contributed by atoms with Gasteiger partial charge in [-0.05, 0) is 48.7 Å². The zero-order valence-corrected chi connectivity index (χ0v) is 18.2. The van der Waals surface area contributed by atoms with Crippen molar-refractivity contribution in [3.05, 3.63) is 58.1 Å². The van der Waals surface area contributed by atoms with Crippen LogP contribution in [-0.2, 0) is 21.4 Å². The van der Waals surface area contributed by atoms with E-state index in [4.69, 9.17) is 27.9 Å². The van der Waals surface area contributed by atoms with E-state index in [1.54, 1.807) is 18.2 Å². The Kier molecular flexibility index (Phi) is 7.05. The Morgan fingerprint density at radius 3 is 2.34 bits per heavy atom. The second-order valence-electron chi connectivity index (χ2n) is 6.82. The number of piperidine rings is 1. The maximum atomic E-state index is 13.0. The Morgan fingerprint density at radius 1 is 1.10 bits per heavy atom. The van der Waals surface area contributed by atoms with Crippen LogP contribution >= 0.6 is 23.2 Å². The molecular formula is C20H22Cl2N2O4S. The lowest BCUT2D eigenvalue weighted by atomic mass is 9.97. The fourth-order valence-corrected chi connectivity index (χ4v) is 5.30. The maximum Gasteiger partial charge on any atom is 0.246 e. The third-order valence-corrected chi connectivity index (χ3v) is 7.36. The van der Waals surface area contributed by atoms with Crippen LogP contribution in [0.2, 0.25) is 10.0 Å². The summed E-state index contributed by atoms with van der Waals surface area (Å²) < 4.78 is 32.6. The number of rotatable bonds is 6. The second-order valence-corrected chi connectivity index (χ2v) is 9.60. The van der Waals surface area contributed by atoms with Gasteiger partial charge in [-0.15, -0.1) is 0 Å². The van der Waals surface area contributed by atoms with Gasteiger partial charge < -0.3 is 10.1 Å². The van der Waals surface area contributed by atoms with Crippen molar-refractivity contribution in [2.45, 2.75) is 24.3 Å². The van der Waals surface area contributed by atoms with Gasteiger partial charge in [0.15, 0.2) is 0 Å². The molecule has 1 aliphatic rings. The molecule has 0 unspecified atom stereocenters. The SMILES string of the molecule is COc1ccc(Cl)cc1S(=O)(=O)N1CCC(C(=O)NCc2ccc(Cl)cc2)CC1. The van der Waals surface area contributed by atoms with Crippen LogP contribution in [0.15, 0.2) is 47.4 Å². The highest BCUT2D eigenvalue weighted by Crippen LogP contribution is 2.31. The smallest absolute Gasteiger partial charge is 0.246 e. The standard InChI is InChI=1S/C20H22Cl2N2O4S/c1-28-18-7-6-17(22)12-19(18)29(26,27)24-10-8-15(9-11-24)20(25)23-13-14-2-4-16(21)5-3-14/h2-7,12,15H,8-11,13H2,1H3,(H,23,25). The molecule has 0 aromatic heterocycles. The van der Waals surface area contributed by atoms with Gasteiger partial charge in [0.1, 0.15) is 10.6 Å². The molecular weight excluding hydrogens is 435 g/mol. The molecule has 1 N–H and O–H groups in total. The van der Waals surface area contributed by atoms with E-state index in [0.29, 0.717) is 29.4 Å². The third kappa shape index (κ3) is 5.22. The monoisotopic (exact) mass is 456 g/mol. The van der Waals surface area contributed by atoms with Gasteiger partial charge in [0.05, 0.1) is 7.11 Å². The minimum atomic E-state index is -3.76. The van der Waals surface area contributed by atoms with Gasteiger partial charge in [-0.2, -0.15) is 4.31 Å². The van der Waals surface area contributed by atoms with E-state index in [0.717, 1.165) is 5.56 Å². The summed E-state index contributed by atoms with van der Waals surface area (Å²) in [6, 6.07) is 11.8. The molecule has 29 heavy (non-hydrogen) atoms. The van der Waals surface area contributed by atoms with Crippen molar-refractivity contribution < 1.29 is 17.9 Å². The topological polar surface area (TPSA) is 75.7 Å². The number of hydrogen-bond donors (Lipinski definition) is 1. The van der Waals surface area contributed by atoms with E-state index in [1.807, 2.05) is 12.1 Å². The maximum absolute atomic E-state index is 13.0. The van der Waals surface area contributed by atoms with Crippen LogP contribution in [0.5, 0.6) is 5.75 Å². The molecule has 1 amide bonds. The van der Waals surface area contributed by atoms with E-state index in [-0.39, 0.29) is 35.6 Å². The van der Waals surface area contributed by atoms with E-state index < -0.39 is 10.0 Å². The molecule has 0 atom stereocenters. The van der Waals surface area contributed by atoms with Crippen LogP contribution in [0.1, 0.15) is 18.4 Å². The first-order valence-electron chi connectivity index (χ1n) is 9.17. The number of sulfonamides is 1. The molecule has 6 nitrogen and oxygen atoms in total. The number of carbonyl (C=O) groups excluding carboxylic acids is 1. The van der Waals surface area contributed by atoms with Crippen LogP contribution in [0.4, 0.5) is 0 Å². The van der Waals surface area contributed by atoms with E-state index >= 15 is 0 Å². The molecule has 0 spiro atoms. The Balaban J connectivity index is 1.60. The number of amides is 1. The van der Waals surface area contributed by atoms with Crippen molar-refractivity contribution in [2.75, 3.05) is 20.2 Å². The number of ether oxygens (including phenoxy) is 1. The lowest BCUT2D eigenvalue weighted by Crippen LogP contribution is -2.42. The van der Waals surface area contributed by atoms with E-state index in [1.165, 1.54) is 23.5 Å². The van der Waals surface area contributed by atoms with Gasteiger partial charge in [-0.1, -0.05) is 35.3 Å². The first-order chi connectivity index (χ1) is 13.8. The first kappa shape index (κ1) is 21.9. The lowest BCUT2D eigenvalue weighted by Gasteiger charge is -2.31. The zero-order valence-electron chi connectivity index (χ0n) is 15.9. The minimum Gasteiger partial charge on any atom is -0.495 e. The molecule has 0 aliphatic carbocycles. The molecule has 0 radical (unpaired) electrons. The molecule has 9 heteroatoms. The largest absolute Gasteiger partial charge is 0.495 e. The van der Waals surface area contributed by atoms with Gasteiger partial charge in [-0.3, -0.25) is 4.79 Å². The Hall–Kier alpha value is -1.80. The Morgan fingerprint density at radius 2 is 1.72 bits per heavy atom. The van der Waals surface area contributed by atoms with Crippen molar-refractivity contribution in [1.29, 1.82) is 0 Å². The third-order valence-electron chi connectivity index (χ3n) is 4.95. The number of halogens is 2. The average Bonchev–Trinajstić information content (AvgIpc) is 2.73. The molecule has 0 saturated carbocycles. The highest BCUT2D eigenvalue weighted by molar-refractivity contribution is 7.89. The highest BCUT2D eigenvalue weighted by atomic mass is 35.5. The van der Waals surface area contributed by atoms with E-state index in [9.17, 15) is 13.2 Å². The van der Waals surface area contributed by atoms with Gasteiger partial charge in [0.25, 0.3) is 0 Å². The van der Waals surface area contributed by atoms with Crippen LogP contribution < -0.4 is 10.1 Å². The number of nitrogens with one attached hydrogen (secondary N) is 1.